The van der Waals surface area contributed by atoms with E-state index in [0.29, 0.717) is 6.04 Å². The number of nitrogens with zero attached hydrogens (tertiary/aromatic N) is 2. The largest absolute Gasteiger partial charge is 0.314 e. The van der Waals surface area contributed by atoms with Crippen molar-refractivity contribution in [2.24, 2.45) is 7.05 Å². The van der Waals surface area contributed by atoms with E-state index < -0.39 is 0 Å². The average Bonchev–Trinajstić information content (AvgIpc) is 2.52. The van der Waals surface area contributed by atoms with Gasteiger partial charge in [0.1, 0.15) is 0 Å². The van der Waals surface area contributed by atoms with E-state index in [9.17, 15) is 0 Å². The maximum Gasteiger partial charge on any atom is 0.0492 e. The molecule has 0 saturated heterocycles. The maximum atomic E-state index is 4.14. The predicted octanol–water partition coefficient (Wildman–Crippen LogP) is 1.74. The van der Waals surface area contributed by atoms with Gasteiger partial charge in [0.05, 0.1) is 0 Å². The lowest BCUT2D eigenvalue weighted by atomic mass is 10.2. The first-order chi connectivity index (χ1) is 6.74. The molecular weight excluding hydrogens is 174 g/mol. The molecule has 0 spiro atoms. The van der Waals surface area contributed by atoms with Gasteiger partial charge in [0.15, 0.2) is 0 Å². The zero-order valence-electron chi connectivity index (χ0n) is 9.45. The van der Waals surface area contributed by atoms with Gasteiger partial charge in [-0.25, -0.2) is 0 Å². The molecular formula is C11H21N3. The monoisotopic (exact) mass is 195 g/mol. The van der Waals surface area contributed by atoms with Crippen LogP contribution in [0.1, 0.15) is 32.4 Å². The number of hydrogen-bond acceptors (Lipinski definition) is 2. The molecule has 3 nitrogen and oxygen atoms in total. The summed E-state index contributed by atoms with van der Waals surface area (Å²) < 4.78 is 1.94. The quantitative estimate of drug-likeness (QED) is 0.749. The van der Waals surface area contributed by atoms with Crippen LogP contribution < -0.4 is 5.32 Å². The van der Waals surface area contributed by atoms with Crippen LogP contribution in [0.5, 0.6) is 0 Å². The fourth-order valence-corrected chi connectivity index (χ4v) is 1.63. The van der Waals surface area contributed by atoms with E-state index in [0.717, 1.165) is 13.0 Å². The highest BCUT2D eigenvalue weighted by Crippen LogP contribution is 1.98. The molecule has 0 radical (unpaired) electrons. The topological polar surface area (TPSA) is 29.9 Å². The molecule has 1 unspecified atom stereocenters. The number of aromatic nitrogens is 2. The van der Waals surface area contributed by atoms with Gasteiger partial charge in [0.25, 0.3) is 0 Å². The molecule has 3 heteroatoms. The lowest BCUT2D eigenvalue weighted by molar-refractivity contribution is 0.506. The maximum absolute atomic E-state index is 4.14. The molecule has 0 bridgehead atoms. The second-order valence-corrected chi connectivity index (χ2v) is 3.84. The Balaban J connectivity index is 2.19. The van der Waals surface area contributed by atoms with Crippen LogP contribution in [0, 0.1) is 0 Å². The Hall–Kier alpha value is -0.830. The lowest BCUT2D eigenvalue weighted by Crippen LogP contribution is -2.28. The molecule has 0 fully saturated rings. The standard InChI is InChI=1S/C11H21N3/c1-4-5-10(2)12-8-6-11-7-9-13-14(11)3/h7,9-10,12H,4-6,8H2,1-3H3. The highest BCUT2D eigenvalue weighted by atomic mass is 15.3. The van der Waals surface area contributed by atoms with E-state index >= 15 is 0 Å². The van der Waals surface area contributed by atoms with Gasteiger partial charge in [0.2, 0.25) is 0 Å². The summed E-state index contributed by atoms with van der Waals surface area (Å²) in [5, 5.41) is 7.65. The van der Waals surface area contributed by atoms with Gasteiger partial charge >= 0.3 is 0 Å². The van der Waals surface area contributed by atoms with Crippen LogP contribution in [0.15, 0.2) is 12.3 Å². The molecule has 0 aliphatic carbocycles. The molecule has 0 aliphatic heterocycles. The average molecular weight is 195 g/mol. The molecule has 80 valence electrons. The zero-order valence-corrected chi connectivity index (χ0v) is 9.45. The summed E-state index contributed by atoms with van der Waals surface area (Å²) in [4.78, 5) is 0. The van der Waals surface area contributed by atoms with Crippen molar-refractivity contribution in [2.75, 3.05) is 6.54 Å². The highest BCUT2D eigenvalue weighted by Gasteiger charge is 2.01. The van der Waals surface area contributed by atoms with Crippen molar-refractivity contribution in [3.63, 3.8) is 0 Å². The van der Waals surface area contributed by atoms with Gasteiger partial charge in [-0.15, -0.1) is 0 Å². The Morgan fingerprint density at radius 1 is 1.57 bits per heavy atom. The van der Waals surface area contributed by atoms with Crippen molar-refractivity contribution in [1.29, 1.82) is 0 Å². The van der Waals surface area contributed by atoms with E-state index in [4.69, 9.17) is 0 Å². The number of rotatable bonds is 6. The molecule has 1 aromatic heterocycles. The highest BCUT2D eigenvalue weighted by molar-refractivity contribution is 5.00. The summed E-state index contributed by atoms with van der Waals surface area (Å²) in [6.45, 7) is 5.51. The molecule has 0 saturated carbocycles. The Kier molecular flexibility index (Phi) is 4.66. The van der Waals surface area contributed by atoms with Gasteiger partial charge in [-0.05, 0) is 19.4 Å². The minimum absolute atomic E-state index is 0.633. The third-order valence-corrected chi connectivity index (χ3v) is 2.52. The van der Waals surface area contributed by atoms with E-state index in [1.165, 1.54) is 18.5 Å². The molecule has 1 rings (SSSR count). The van der Waals surface area contributed by atoms with E-state index in [2.05, 4.69) is 30.3 Å². The third-order valence-electron chi connectivity index (χ3n) is 2.52. The number of hydrogen-bond donors (Lipinski definition) is 1. The summed E-state index contributed by atoms with van der Waals surface area (Å²) in [5.74, 6) is 0. The minimum Gasteiger partial charge on any atom is -0.314 e. The molecule has 1 heterocycles. The Labute approximate surface area is 86.5 Å². The van der Waals surface area contributed by atoms with Crippen LogP contribution in [0.3, 0.4) is 0 Å². The first-order valence-corrected chi connectivity index (χ1v) is 5.44. The molecule has 1 atom stereocenters. The Bertz CT molecular complexity index is 255. The van der Waals surface area contributed by atoms with Crippen LogP contribution in [-0.2, 0) is 13.5 Å². The zero-order chi connectivity index (χ0) is 10.4. The van der Waals surface area contributed by atoms with Gasteiger partial charge in [-0.2, -0.15) is 5.10 Å². The first-order valence-electron chi connectivity index (χ1n) is 5.44. The van der Waals surface area contributed by atoms with Crippen molar-refractivity contribution in [3.8, 4) is 0 Å². The normalized spacial score (nSPS) is 13.1. The molecule has 1 N–H and O–H groups in total. The summed E-state index contributed by atoms with van der Waals surface area (Å²) >= 11 is 0. The lowest BCUT2D eigenvalue weighted by Gasteiger charge is -2.12. The minimum atomic E-state index is 0.633. The second kappa shape index (κ2) is 5.81. The Morgan fingerprint density at radius 2 is 2.36 bits per heavy atom. The van der Waals surface area contributed by atoms with Crippen molar-refractivity contribution >= 4 is 0 Å². The van der Waals surface area contributed by atoms with Gasteiger partial charge in [0, 0.05) is 37.9 Å². The molecule has 0 amide bonds. The van der Waals surface area contributed by atoms with E-state index in [1.807, 2.05) is 17.9 Å². The van der Waals surface area contributed by atoms with Crippen LogP contribution >= 0.6 is 0 Å². The van der Waals surface area contributed by atoms with Gasteiger partial charge in [-0.3, -0.25) is 4.68 Å². The van der Waals surface area contributed by atoms with Crippen LogP contribution in [0.4, 0.5) is 0 Å². The van der Waals surface area contributed by atoms with Crippen molar-refractivity contribution in [2.45, 2.75) is 39.2 Å². The summed E-state index contributed by atoms with van der Waals surface area (Å²) in [6.07, 6.45) is 5.42. The molecule has 14 heavy (non-hydrogen) atoms. The first kappa shape index (κ1) is 11.2. The second-order valence-electron chi connectivity index (χ2n) is 3.84. The summed E-state index contributed by atoms with van der Waals surface area (Å²) in [7, 11) is 1.99. The molecule has 1 aromatic rings. The summed E-state index contributed by atoms with van der Waals surface area (Å²) in [5.41, 5.74) is 1.29. The number of aryl methyl sites for hydroxylation is 1. The van der Waals surface area contributed by atoms with Crippen LogP contribution in [0.25, 0.3) is 0 Å². The van der Waals surface area contributed by atoms with Crippen molar-refractivity contribution < 1.29 is 0 Å². The van der Waals surface area contributed by atoms with Crippen LogP contribution in [0.2, 0.25) is 0 Å². The SMILES string of the molecule is CCCC(C)NCCc1ccnn1C. The fourth-order valence-electron chi connectivity index (χ4n) is 1.63. The van der Waals surface area contributed by atoms with Gasteiger partial charge < -0.3 is 5.32 Å². The van der Waals surface area contributed by atoms with Crippen LogP contribution in [-0.4, -0.2) is 22.4 Å². The van der Waals surface area contributed by atoms with Gasteiger partial charge in [-0.1, -0.05) is 13.3 Å². The van der Waals surface area contributed by atoms with Crippen molar-refractivity contribution in [1.82, 2.24) is 15.1 Å². The summed E-state index contributed by atoms with van der Waals surface area (Å²) in [6, 6.07) is 2.71. The third kappa shape index (κ3) is 3.50. The smallest absolute Gasteiger partial charge is 0.0492 e. The fraction of sp³-hybridized carbons (Fsp3) is 0.727. The predicted molar refractivity (Wildman–Crippen MR) is 59.3 cm³/mol. The van der Waals surface area contributed by atoms with E-state index in [1.54, 1.807) is 0 Å². The molecule has 0 aromatic carbocycles. The van der Waals surface area contributed by atoms with E-state index in [-0.39, 0.29) is 0 Å². The van der Waals surface area contributed by atoms with Crippen molar-refractivity contribution in [3.05, 3.63) is 18.0 Å². The molecule has 0 aliphatic rings. The Morgan fingerprint density at radius 3 is 2.93 bits per heavy atom. The number of nitrogens with one attached hydrogen (secondary N) is 1.